The van der Waals surface area contributed by atoms with Crippen molar-refractivity contribution in [3.05, 3.63) is 59.7 Å². The van der Waals surface area contributed by atoms with Gasteiger partial charge >= 0.3 is 49.5 Å². The van der Waals surface area contributed by atoms with Gasteiger partial charge in [0.05, 0.1) is 13.1 Å². The largest absolute Gasteiger partial charge is 3.00 e. The summed E-state index contributed by atoms with van der Waals surface area (Å²) in [7, 11) is 0. The number of hydrogen-bond acceptors (Lipinski definition) is 14. The van der Waals surface area contributed by atoms with E-state index < -0.39 is 23.9 Å². The first kappa shape index (κ1) is 60.9. The minimum atomic E-state index is -0.995. The summed E-state index contributed by atoms with van der Waals surface area (Å²) in [5.41, 5.74) is 1.37. The Balaban J connectivity index is -0.000000199. The molecule has 14 nitrogen and oxygen atoms in total. The molecular formula is C38H54N4Ni3O10+2. The number of benzene rings is 2. The Bertz CT molecular complexity index is 1200. The zero-order valence-electron chi connectivity index (χ0n) is 31.9. The van der Waals surface area contributed by atoms with Crippen LogP contribution in [0.4, 0.5) is 0 Å². The molecule has 2 aliphatic rings. The van der Waals surface area contributed by atoms with Gasteiger partial charge in [-0.1, -0.05) is 76.2 Å². The van der Waals surface area contributed by atoms with Gasteiger partial charge in [-0.25, -0.2) is 0 Å². The summed E-state index contributed by atoms with van der Waals surface area (Å²) < 4.78 is 0. The zero-order chi connectivity index (χ0) is 39.6. The maximum absolute atomic E-state index is 11.4. The third kappa shape index (κ3) is 40.1. The van der Waals surface area contributed by atoms with E-state index in [9.17, 15) is 49.8 Å². The van der Waals surface area contributed by atoms with Gasteiger partial charge in [0.2, 0.25) is 0 Å². The van der Waals surface area contributed by atoms with Gasteiger partial charge in [-0.3, -0.25) is 9.98 Å². The molecule has 0 spiro atoms. The van der Waals surface area contributed by atoms with Gasteiger partial charge in [-0.2, -0.15) is 0 Å². The molecule has 4 rings (SSSR count). The van der Waals surface area contributed by atoms with Crippen molar-refractivity contribution in [2.45, 2.75) is 79.1 Å². The first-order chi connectivity index (χ1) is 24.8. The van der Waals surface area contributed by atoms with Crippen molar-refractivity contribution in [3.63, 3.8) is 0 Å². The number of rotatable bonds is 12. The van der Waals surface area contributed by atoms with Gasteiger partial charge in [0, 0.05) is 49.4 Å². The summed E-state index contributed by atoms with van der Waals surface area (Å²) >= 11 is 0. The molecule has 0 aromatic heterocycles. The zero-order valence-corrected chi connectivity index (χ0v) is 34.9. The van der Waals surface area contributed by atoms with Crippen molar-refractivity contribution in [2.75, 3.05) is 52.4 Å². The Morgan fingerprint density at radius 1 is 0.545 bits per heavy atom. The molecule has 2 heterocycles. The van der Waals surface area contributed by atoms with E-state index in [1.807, 2.05) is 24.3 Å². The number of carboxylic acids is 4. The average molecular weight is 903 g/mol. The molecule has 0 atom stereocenters. The normalized spacial score (nSPS) is 12.7. The van der Waals surface area contributed by atoms with E-state index in [1.165, 1.54) is 79.6 Å². The summed E-state index contributed by atoms with van der Waals surface area (Å²) in [6.45, 7) is 14.6. The number of likely N-dealkylation sites (tertiary alicyclic amines) is 2. The van der Waals surface area contributed by atoms with E-state index in [2.05, 4.69) is 19.8 Å². The van der Waals surface area contributed by atoms with Crippen molar-refractivity contribution in [2.24, 2.45) is 9.98 Å². The van der Waals surface area contributed by atoms with Crippen LogP contribution in [0.3, 0.4) is 0 Å². The number of aliphatic imine (C=N–C) groups is 2. The first-order valence-corrected chi connectivity index (χ1v) is 17.6. The molecule has 314 valence electrons. The van der Waals surface area contributed by atoms with Gasteiger partial charge in [0.25, 0.3) is 0 Å². The fourth-order valence-corrected chi connectivity index (χ4v) is 3.91. The molecule has 0 amide bonds. The van der Waals surface area contributed by atoms with Gasteiger partial charge in [0.1, 0.15) is 0 Å². The first-order valence-electron chi connectivity index (χ1n) is 17.6. The van der Waals surface area contributed by atoms with Crippen molar-refractivity contribution < 1.29 is 99.3 Å². The maximum Gasteiger partial charge on any atom is 3.00 e. The second kappa shape index (κ2) is 41.8. The Morgan fingerprint density at radius 3 is 1.00 bits per heavy atom. The van der Waals surface area contributed by atoms with E-state index in [0.717, 1.165) is 26.2 Å². The summed E-state index contributed by atoms with van der Waals surface area (Å²) in [6, 6.07) is 14.0. The summed E-state index contributed by atoms with van der Waals surface area (Å²) in [6.07, 6.45) is 9.08. The Kier molecular flexibility index (Phi) is 46.3. The van der Waals surface area contributed by atoms with Gasteiger partial charge in [-0.05, 0) is 88.7 Å². The summed E-state index contributed by atoms with van der Waals surface area (Å²) in [4.78, 5) is 50.5. The van der Waals surface area contributed by atoms with Crippen molar-refractivity contribution in [1.82, 2.24) is 9.80 Å². The average Bonchev–Trinajstić information content (AvgIpc) is 3.86. The maximum atomic E-state index is 11.4. The monoisotopic (exact) mass is 900 g/mol. The third-order valence-electron chi connectivity index (χ3n) is 6.94. The second-order valence-corrected chi connectivity index (χ2v) is 11.1. The van der Waals surface area contributed by atoms with Gasteiger partial charge in [0.15, 0.2) is 0 Å². The molecule has 2 aromatic rings. The Morgan fingerprint density at radius 2 is 0.782 bits per heavy atom. The van der Waals surface area contributed by atoms with Crippen LogP contribution < -0.4 is 30.6 Å². The van der Waals surface area contributed by atoms with Crippen molar-refractivity contribution in [1.29, 1.82) is 0 Å². The molecule has 0 N–H and O–H groups in total. The quantitative estimate of drug-likeness (QED) is 0.187. The standard InChI is InChI=1S/2C13H18N2O.4C3H6O2.3Ni/c2*16-13-6-2-1-5-12(13)11-14-7-10-15-8-3-4-9-15;4*1-2-3(4)5;;;/h2*1-2,5-6,11,16H,3-4,7-10H2;4*2H2,1H3,(H,4,5);;;/q;;;;;;+2;2*+3/p-6. The molecule has 0 unspecified atom stereocenters. The van der Waals surface area contributed by atoms with Crippen molar-refractivity contribution in [3.8, 4) is 11.5 Å². The molecule has 0 saturated carbocycles. The van der Waals surface area contributed by atoms with Crippen LogP contribution in [0.1, 0.15) is 90.2 Å². The molecular weight excluding hydrogens is 849 g/mol. The van der Waals surface area contributed by atoms with Crippen LogP contribution in [0.5, 0.6) is 11.5 Å². The predicted molar refractivity (Wildman–Crippen MR) is 189 cm³/mol. The van der Waals surface area contributed by atoms with E-state index in [-0.39, 0.29) is 86.7 Å². The van der Waals surface area contributed by atoms with Gasteiger partial charge < -0.3 is 59.6 Å². The number of carboxylic acid groups (broad SMARTS) is 4. The molecule has 17 heteroatoms. The number of para-hydroxylation sites is 2. The Hall–Kier alpha value is -3.34. The van der Waals surface area contributed by atoms with Crippen LogP contribution in [-0.2, 0) is 68.7 Å². The fourth-order valence-electron chi connectivity index (χ4n) is 3.91. The predicted octanol–water partition coefficient (Wildman–Crippen LogP) is -0.872. The molecule has 55 heavy (non-hydrogen) atoms. The molecule has 2 aliphatic heterocycles. The topological polar surface area (TPSA) is 238 Å². The Labute approximate surface area is 356 Å². The molecule has 2 saturated heterocycles. The van der Waals surface area contributed by atoms with Crippen LogP contribution in [0.15, 0.2) is 58.5 Å². The minimum Gasteiger partial charge on any atom is -0.872 e. The van der Waals surface area contributed by atoms with Gasteiger partial charge in [-0.15, -0.1) is 11.5 Å². The van der Waals surface area contributed by atoms with Crippen LogP contribution >= 0.6 is 0 Å². The molecule has 2 aromatic carbocycles. The second-order valence-electron chi connectivity index (χ2n) is 11.1. The van der Waals surface area contributed by atoms with E-state index in [0.29, 0.717) is 11.1 Å². The SMILES string of the molecule is CCC(=O)[O-].CCC(=O)[O-].CCC(=O)[O-].CCC(=O)[O-].[Ni+2].[Ni+3].[Ni+3].[O-]c1ccccc1C=NCCN1CCCC1.[O-]c1ccccc1C=NCCN1CCCC1. The van der Waals surface area contributed by atoms with E-state index >= 15 is 0 Å². The number of carbonyl (C=O) groups is 4. The van der Waals surface area contributed by atoms with Crippen molar-refractivity contribution >= 4 is 36.3 Å². The fraction of sp³-hybridized carbons (Fsp3) is 0.526. The number of hydrogen-bond donors (Lipinski definition) is 0. The number of carbonyl (C=O) groups excluding carboxylic acids is 4. The third-order valence-corrected chi connectivity index (χ3v) is 6.94. The van der Waals surface area contributed by atoms with Crippen LogP contribution in [-0.4, -0.2) is 98.5 Å². The van der Waals surface area contributed by atoms with Crippen LogP contribution in [0.25, 0.3) is 0 Å². The van der Waals surface area contributed by atoms with Crippen LogP contribution in [0, 0.1) is 0 Å². The van der Waals surface area contributed by atoms with E-state index in [4.69, 9.17) is 0 Å². The molecule has 0 aliphatic carbocycles. The number of aliphatic carboxylic acids is 4. The summed E-state index contributed by atoms with van der Waals surface area (Å²) in [5.74, 6) is -3.88. The smallest absolute Gasteiger partial charge is 0.872 e. The summed E-state index contributed by atoms with van der Waals surface area (Å²) in [5, 5.41) is 59.8. The van der Waals surface area contributed by atoms with Crippen LogP contribution in [0.2, 0.25) is 0 Å². The number of nitrogens with zero attached hydrogens (tertiary/aromatic N) is 4. The molecule has 2 fully saturated rings. The van der Waals surface area contributed by atoms with E-state index in [1.54, 1.807) is 36.7 Å². The molecule has 0 bridgehead atoms. The molecule has 2 radical (unpaired) electrons. The minimum absolute atomic E-state index is 0.